The van der Waals surface area contributed by atoms with Crippen LogP contribution in [-0.2, 0) is 9.53 Å². The van der Waals surface area contributed by atoms with Crippen molar-refractivity contribution in [2.45, 2.75) is 6.92 Å². The van der Waals surface area contributed by atoms with Crippen LogP contribution >= 0.6 is 0 Å². The third-order valence-electron chi connectivity index (χ3n) is 1.70. The van der Waals surface area contributed by atoms with Crippen LogP contribution < -0.4 is 5.73 Å². The highest BCUT2D eigenvalue weighted by molar-refractivity contribution is 5.91. The Bertz CT molecular complexity index is 427. The summed E-state index contributed by atoms with van der Waals surface area (Å²) in [6, 6.07) is 4.80. The summed E-state index contributed by atoms with van der Waals surface area (Å²) in [4.78, 5) is 25.8. The van der Waals surface area contributed by atoms with Gasteiger partial charge in [-0.25, -0.2) is 9.78 Å². The van der Waals surface area contributed by atoms with Crippen LogP contribution in [0.3, 0.4) is 0 Å². The molecule has 0 unspecified atom stereocenters. The number of pyridine rings is 1. The van der Waals surface area contributed by atoms with Crippen LogP contribution in [0.15, 0.2) is 24.3 Å². The van der Waals surface area contributed by atoms with Gasteiger partial charge in [0.15, 0.2) is 0 Å². The summed E-state index contributed by atoms with van der Waals surface area (Å²) >= 11 is 0. The highest BCUT2D eigenvalue weighted by Gasteiger charge is 2.01. The standard InChI is InChI=1S/C11H12N2O3/c1-2-16-10(14)7-6-8-4-3-5-9(13-8)11(12)15/h3-7H,2H2,1H3,(H2,12,15). The van der Waals surface area contributed by atoms with Crippen molar-refractivity contribution in [2.24, 2.45) is 5.73 Å². The van der Waals surface area contributed by atoms with E-state index in [0.29, 0.717) is 12.3 Å². The van der Waals surface area contributed by atoms with Crippen molar-refractivity contribution in [3.8, 4) is 0 Å². The first-order chi connectivity index (χ1) is 7.63. The van der Waals surface area contributed by atoms with Gasteiger partial charge in [-0.15, -0.1) is 0 Å². The van der Waals surface area contributed by atoms with Crippen molar-refractivity contribution >= 4 is 18.0 Å². The molecule has 1 aromatic heterocycles. The quantitative estimate of drug-likeness (QED) is 0.599. The van der Waals surface area contributed by atoms with Crippen LogP contribution in [0, 0.1) is 0 Å². The molecule has 0 aromatic carbocycles. The van der Waals surface area contributed by atoms with E-state index in [9.17, 15) is 9.59 Å². The van der Waals surface area contributed by atoms with Gasteiger partial charge in [0.1, 0.15) is 5.69 Å². The lowest BCUT2D eigenvalue weighted by Gasteiger charge is -1.97. The predicted molar refractivity (Wildman–Crippen MR) is 58.4 cm³/mol. The van der Waals surface area contributed by atoms with Gasteiger partial charge >= 0.3 is 5.97 Å². The molecule has 0 aliphatic carbocycles. The summed E-state index contributed by atoms with van der Waals surface area (Å²) in [6.07, 6.45) is 2.71. The van der Waals surface area contributed by atoms with Gasteiger partial charge in [-0.3, -0.25) is 4.79 Å². The molecule has 0 aliphatic rings. The van der Waals surface area contributed by atoms with Crippen molar-refractivity contribution in [1.82, 2.24) is 4.98 Å². The van der Waals surface area contributed by atoms with Crippen LogP contribution in [0.4, 0.5) is 0 Å². The number of rotatable bonds is 4. The molecule has 0 spiro atoms. The highest BCUT2D eigenvalue weighted by Crippen LogP contribution is 2.01. The van der Waals surface area contributed by atoms with E-state index in [-0.39, 0.29) is 5.69 Å². The van der Waals surface area contributed by atoms with Gasteiger partial charge in [0.2, 0.25) is 0 Å². The van der Waals surface area contributed by atoms with Gasteiger partial charge in [-0.1, -0.05) is 6.07 Å². The number of ether oxygens (including phenoxy) is 1. The Balaban J connectivity index is 2.77. The van der Waals surface area contributed by atoms with Crippen LogP contribution in [0.5, 0.6) is 0 Å². The minimum atomic E-state index is -0.605. The highest BCUT2D eigenvalue weighted by atomic mass is 16.5. The average molecular weight is 220 g/mol. The smallest absolute Gasteiger partial charge is 0.330 e. The largest absolute Gasteiger partial charge is 0.463 e. The molecule has 1 heterocycles. The summed E-state index contributed by atoms with van der Waals surface area (Å²) in [5.74, 6) is -1.06. The number of nitrogens with two attached hydrogens (primary N) is 1. The van der Waals surface area contributed by atoms with Crippen LogP contribution in [0.2, 0.25) is 0 Å². The minimum absolute atomic E-state index is 0.158. The Morgan fingerprint density at radius 3 is 2.88 bits per heavy atom. The number of carbonyl (C=O) groups excluding carboxylic acids is 2. The lowest BCUT2D eigenvalue weighted by atomic mass is 10.3. The molecule has 84 valence electrons. The van der Waals surface area contributed by atoms with Gasteiger partial charge in [-0.05, 0) is 25.1 Å². The molecule has 0 bridgehead atoms. The fraction of sp³-hybridized carbons (Fsp3) is 0.182. The number of amides is 1. The maximum absolute atomic E-state index is 11.0. The van der Waals surface area contributed by atoms with Gasteiger partial charge in [0.05, 0.1) is 12.3 Å². The fourth-order valence-electron chi connectivity index (χ4n) is 1.03. The lowest BCUT2D eigenvalue weighted by molar-refractivity contribution is -0.137. The first kappa shape index (κ1) is 11.9. The molecular weight excluding hydrogens is 208 g/mol. The molecule has 5 nitrogen and oxygen atoms in total. The van der Waals surface area contributed by atoms with Crippen molar-refractivity contribution < 1.29 is 14.3 Å². The van der Waals surface area contributed by atoms with E-state index >= 15 is 0 Å². The van der Waals surface area contributed by atoms with Gasteiger partial charge in [0, 0.05) is 6.08 Å². The molecule has 0 fully saturated rings. The lowest BCUT2D eigenvalue weighted by Crippen LogP contribution is -2.13. The molecule has 16 heavy (non-hydrogen) atoms. The third kappa shape index (κ3) is 3.53. The maximum Gasteiger partial charge on any atom is 0.330 e. The summed E-state index contributed by atoms with van der Waals surface area (Å²) in [5, 5.41) is 0. The van der Waals surface area contributed by atoms with E-state index in [1.54, 1.807) is 19.1 Å². The summed E-state index contributed by atoms with van der Waals surface area (Å²) in [5.41, 5.74) is 5.70. The zero-order valence-corrected chi connectivity index (χ0v) is 8.84. The molecular formula is C11H12N2O3. The topological polar surface area (TPSA) is 82.3 Å². The second kappa shape index (κ2) is 5.65. The molecule has 1 rings (SSSR count). The van der Waals surface area contributed by atoms with Crippen molar-refractivity contribution in [3.63, 3.8) is 0 Å². The fourth-order valence-corrected chi connectivity index (χ4v) is 1.03. The van der Waals surface area contributed by atoms with E-state index in [2.05, 4.69) is 4.98 Å². The Morgan fingerprint density at radius 2 is 2.25 bits per heavy atom. The SMILES string of the molecule is CCOC(=O)C=Cc1cccc(C(N)=O)n1. The average Bonchev–Trinajstić information content (AvgIpc) is 2.27. The minimum Gasteiger partial charge on any atom is -0.463 e. The molecule has 0 saturated carbocycles. The van der Waals surface area contributed by atoms with Crippen LogP contribution in [-0.4, -0.2) is 23.5 Å². The molecule has 0 atom stereocenters. The van der Waals surface area contributed by atoms with E-state index in [0.717, 1.165) is 0 Å². The Labute approximate surface area is 92.9 Å². The van der Waals surface area contributed by atoms with Crippen molar-refractivity contribution in [2.75, 3.05) is 6.61 Å². The number of hydrogen-bond donors (Lipinski definition) is 1. The van der Waals surface area contributed by atoms with Crippen LogP contribution in [0.1, 0.15) is 23.1 Å². The Kier molecular flexibility index (Phi) is 4.20. The van der Waals surface area contributed by atoms with Crippen molar-refractivity contribution in [3.05, 3.63) is 35.7 Å². The molecule has 5 heteroatoms. The molecule has 0 radical (unpaired) electrons. The number of aromatic nitrogens is 1. The van der Waals surface area contributed by atoms with E-state index in [1.807, 2.05) is 0 Å². The van der Waals surface area contributed by atoms with E-state index in [1.165, 1.54) is 18.2 Å². The van der Waals surface area contributed by atoms with Gasteiger partial charge in [0.25, 0.3) is 5.91 Å². The Morgan fingerprint density at radius 1 is 1.50 bits per heavy atom. The molecule has 2 N–H and O–H groups in total. The third-order valence-corrected chi connectivity index (χ3v) is 1.70. The van der Waals surface area contributed by atoms with Gasteiger partial charge < -0.3 is 10.5 Å². The number of esters is 1. The molecule has 0 aliphatic heterocycles. The second-order valence-electron chi connectivity index (χ2n) is 2.90. The zero-order chi connectivity index (χ0) is 12.0. The number of hydrogen-bond acceptors (Lipinski definition) is 4. The monoisotopic (exact) mass is 220 g/mol. The van der Waals surface area contributed by atoms with Crippen LogP contribution in [0.25, 0.3) is 6.08 Å². The summed E-state index contributed by atoms with van der Waals surface area (Å²) in [6.45, 7) is 2.04. The van der Waals surface area contributed by atoms with Gasteiger partial charge in [-0.2, -0.15) is 0 Å². The second-order valence-corrected chi connectivity index (χ2v) is 2.90. The summed E-state index contributed by atoms with van der Waals surface area (Å²) < 4.78 is 4.70. The molecule has 1 amide bonds. The number of nitrogens with zero attached hydrogens (tertiary/aromatic N) is 1. The van der Waals surface area contributed by atoms with E-state index < -0.39 is 11.9 Å². The predicted octanol–water partition coefficient (Wildman–Crippen LogP) is 0.757. The molecule has 0 saturated heterocycles. The number of carbonyl (C=O) groups is 2. The first-order valence-electron chi connectivity index (χ1n) is 4.75. The number of primary amides is 1. The van der Waals surface area contributed by atoms with Crippen molar-refractivity contribution in [1.29, 1.82) is 0 Å². The zero-order valence-electron chi connectivity index (χ0n) is 8.84. The Hall–Kier alpha value is -2.17. The molecule has 1 aromatic rings. The maximum atomic E-state index is 11.0. The van der Waals surface area contributed by atoms with E-state index in [4.69, 9.17) is 10.5 Å². The first-order valence-corrected chi connectivity index (χ1v) is 4.75. The normalized spacial score (nSPS) is 10.3. The summed E-state index contributed by atoms with van der Waals surface area (Å²) in [7, 11) is 0.